The molecule has 4 aromatic carbocycles. The van der Waals surface area contributed by atoms with E-state index >= 15 is 0 Å². The number of nitrogens with two attached hydrogens (primary N) is 1. The Morgan fingerprint density at radius 3 is 1.42 bits per heavy atom. The SMILES string of the molecule is C.C=CCOc1ccc2c(c1)C(=NO[C@@H]1C[C@@H](C(=O)OC)N(C(=O)[C@@H](N)C(C)(C)C)C1)c1ccccc1-2.C=CCOc1ccc2c(c1)C(=NO[C@@H]1C[C@@H](C(=O)OC)N(C(=O)[C@@H](NC(=O)OC(C)(C)C)C(C)(C)C)C1)c1ccccc1-2.N=NN=NCl. The molecule has 2 fully saturated rings. The van der Waals surface area contributed by atoms with E-state index in [9.17, 15) is 24.0 Å². The Bertz CT molecular complexity index is 3180. The Morgan fingerprint density at radius 1 is 0.659 bits per heavy atom. The minimum Gasteiger partial charge on any atom is -0.490 e. The highest BCUT2D eigenvalue weighted by Crippen LogP contribution is 2.41. The van der Waals surface area contributed by atoms with Crippen molar-refractivity contribution in [3.8, 4) is 33.8 Å². The Hall–Kier alpha value is -8.50. The van der Waals surface area contributed by atoms with Crippen molar-refractivity contribution in [3.05, 3.63) is 132 Å². The number of esters is 2. The smallest absolute Gasteiger partial charge is 0.408 e. The zero-order valence-corrected chi connectivity index (χ0v) is 50.1. The lowest BCUT2D eigenvalue weighted by molar-refractivity contribution is -0.152. The molecule has 4 aromatic rings. The van der Waals surface area contributed by atoms with E-state index in [0.717, 1.165) is 44.5 Å². The Balaban J connectivity index is 0.000000288. The number of hydrogen-bond acceptors (Lipinski definition) is 17. The molecule has 4 aliphatic rings. The highest BCUT2D eigenvalue weighted by Gasteiger charge is 2.48. The lowest BCUT2D eigenvalue weighted by Gasteiger charge is -2.35. The van der Waals surface area contributed by atoms with E-state index in [0.29, 0.717) is 36.1 Å². The first kappa shape index (κ1) is 67.3. The number of alkyl carbamates (subject to hydrolysis) is 1. The second-order valence-corrected chi connectivity index (χ2v) is 23.3. The first-order valence-electron chi connectivity index (χ1n) is 27.1. The Kier molecular flexibility index (Phi) is 23.2. The maximum Gasteiger partial charge on any atom is 0.408 e. The monoisotopic (exact) mass is 1190 g/mol. The van der Waals surface area contributed by atoms with Crippen molar-refractivity contribution in [1.82, 2.24) is 15.1 Å². The number of ether oxygens (including phenoxy) is 5. The third-order valence-corrected chi connectivity index (χ3v) is 13.9. The van der Waals surface area contributed by atoms with Gasteiger partial charge in [0.2, 0.25) is 11.8 Å². The molecular weight excluding hydrogens is 1110 g/mol. The molecule has 0 unspecified atom stereocenters. The molecular formula is C62H79ClN10O12. The van der Waals surface area contributed by atoms with Gasteiger partial charge in [-0.3, -0.25) is 9.59 Å². The predicted molar refractivity (Wildman–Crippen MR) is 323 cm³/mol. The number of oxime groups is 2. The van der Waals surface area contributed by atoms with Gasteiger partial charge in [0.15, 0.2) is 0 Å². The fraction of sp³-hybridized carbons (Fsp3) is 0.435. The zero-order chi connectivity index (χ0) is 61.7. The third kappa shape index (κ3) is 16.7. The summed E-state index contributed by atoms with van der Waals surface area (Å²) in [5.74, 6) is -0.436. The average molecular weight is 1190 g/mol. The summed E-state index contributed by atoms with van der Waals surface area (Å²) >= 11 is 4.55. The van der Waals surface area contributed by atoms with Gasteiger partial charge in [-0.15, -0.1) is 0 Å². The van der Waals surface area contributed by atoms with Crippen LogP contribution in [0.1, 0.15) is 105 Å². The van der Waals surface area contributed by atoms with Crippen LogP contribution in [0.2, 0.25) is 0 Å². The zero-order valence-electron chi connectivity index (χ0n) is 49.3. The number of carbonyl (C=O) groups is 5. The predicted octanol–water partition coefficient (Wildman–Crippen LogP) is 10.8. The number of rotatable bonds is 16. The standard InChI is InChI=1S/C33H41N3O7.C28H33N3O5.CH4.ClHN4/c1-9-16-41-20-14-15-23-22-12-10-11-13-24(22)27(25(23)17-20)35-43-21-18-26(30(38)40-8)36(19-21)29(37)28(32(2,3)4)34-31(39)42-33(5,6)7;1-6-13-35-17-11-12-20-19-9-7-8-10-21(19)24(22(20)14-17)30-36-18-15-23(27(33)34-5)31(16-18)26(32)25(29)28(2,3)4;;1-3-5-4-2/h9-15,17,21,26,28H,1,16,18-19H2,2-8H3,(H,34,39);6-12,14,18,23,25H,1,13,15-16,29H2,2-5H3;1H4;2H/t21-,26+,28-;18-,23+,25-;;/m11../s1. The molecule has 0 saturated carbocycles. The Labute approximate surface area is 502 Å². The molecule has 0 aromatic heterocycles. The lowest BCUT2D eigenvalue weighted by Crippen LogP contribution is -2.57. The van der Waals surface area contributed by atoms with Crippen molar-refractivity contribution in [2.24, 2.45) is 42.0 Å². The maximum atomic E-state index is 13.9. The minimum absolute atomic E-state index is 0. The first-order valence-corrected chi connectivity index (χ1v) is 27.5. The summed E-state index contributed by atoms with van der Waals surface area (Å²) in [6.07, 6.45) is 2.00. The quantitative estimate of drug-likeness (QED) is 0.0268. The summed E-state index contributed by atoms with van der Waals surface area (Å²) in [4.78, 5) is 80.0. The number of benzene rings is 4. The number of fused-ring (bicyclic) bond motifs is 6. The average Bonchev–Trinajstić information content (AvgIpc) is 1.87. The van der Waals surface area contributed by atoms with Crippen molar-refractivity contribution in [2.45, 2.75) is 125 Å². The number of halogens is 1. The molecule has 22 nitrogen and oxygen atoms in total. The molecule has 2 heterocycles. The summed E-state index contributed by atoms with van der Waals surface area (Å²) in [6.45, 7) is 24.8. The van der Waals surface area contributed by atoms with Crippen LogP contribution in [-0.2, 0) is 43.1 Å². The van der Waals surface area contributed by atoms with Crippen molar-refractivity contribution in [2.75, 3.05) is 40.5 Å². The van der Waals surface area contributed by atoms with Gasteiger partial charge in [-0.05, 0) is 101 Å². The van der Waals surface area contributed by atoms with Crippen molar-refractivity contribution < 1.29 is 57.3 Å². The molecule has 2 saturated heterocycles. The van der Waals surface area contributed by atoms with Gasteiger partial charge in [-0.1, -0.05) is 138 Å². The first-order chi connectivity index (χ1) is 39.8. The highest BCUT2D eigenvalue weighted by molar-refractivity contribution is 6.25. The van der Waals surface area contributed by atoms with Gasteiger partial charge in [0.05, 0.1) is 45.1 Å². The molecule has 23 heteroatoms. The molecule has 0 radical (unpaired) electrons. The fourth-order valence-electron chi connectivity index (χ4n) is 9.75. The minimum atomic E-state index is -0.970. The van der Waals surface area contributed by atoms with E-state index < -0.39 is 76.7 Å². The van der Waals surface area contributed by atoms with Crippen LogP contribution in [0.25, 0.3) is 22.3 Å². The topological polar surface area (TPSA) is 280 Å². The second-order valence-electron chi connectivity index (χ2n) is 23.1. The molecule has 8 rings (SSSR count). The van der Waals surface area contributed by atoms with E-state index in [4.69, 9.17) is 44.6 Å². The molecule has 2 aliphatic carbocycles. The number of nitrogens with zero attached hydrogens (tertiary/aromatic N) is 7. The van der Waals surface area contributed by atoms with Crippen LogP contribution in [0.3, 0.4) is 0 Å². The van der Waals surface area contributed by atoms with Gasteiger partial charge in [-0.25, -0.2) is 14.4 Å². The lowest BCUT2D eigenvalue weighted by atomic mass is 9.85. The van der Waals surface area contributed by atoms with Gasteiger partial charge in [-0.2, -0.15) is 5.53 Å². The number of amides is 3. The van der Waals surface area contributed by atoms with Crippen LogP contribution in [0, 0.1) is 16.4 Å². The summed E-state index contributed by atoms with van der Waals surface area (Å²) in [5.41, 5.74) is 19.2. The van der Waals surface area contributed by atoms with E-state index in [1.165, 1.54) is 24.0 Å². The largest absolute Gasteiger partial charge is 0.490 e. The van der Waals surface area contributed by atoms with Crippen LogP contribution in [0.5, 0.6) is 11.5 Å². The molecule has 0 bridgehead atoms. The number of nitrogens with one attached hydrogen (secondary N) is 2. The number of likely N-dealkylation sites (tertiary alicyclic amines) is 2. The normalized spacial score (nSPS) is 18.9. The number of hydrogen-bond donors (Lipinski definition) is 3. The van der Waals surface area contributed by atoms with Crippen LogP contribution >= 0.6 is 11.8 Å². The van der Waals surface area contributed by atoms with Crippen molar-refractivity contribution >= 4 is 53.0 Å². The molecule has 0 spiro atoms. The third-order valence-electron chi connectivity index (χ3n) is 13.8. The second kappa shape index (κ2) is 29.3. The highest BCUT2D eigenvalue weighted by atomic mass is 35.5. The van der Waals surface area contributed by atoms with Gasteiger partial charge in [0.1, 0.15) is 72.1 Å². The van der Waals surface area contributed by atoms with E-state index in [1.807, 2.05) is 126 Å². The molecule has 4 N–H and O–H groups in total. The molecule has 85 heavy (non-hydrogen) atoms. The fourth-order valence-corrected chi connectivity index (χ4v) is 9.78. The van der Waals surface area contributed by atoms with Crippen molar-refractivity contribution in [1.29, 1.82) is 5.53 Å². The maximum absolute atomic E-state index is 13.9. The number of carbonyl (C=O) groups excluding carboxylic acids is 5. The summed E-state index contributed by atoms with van der Waals surface area (Å²) < 4.78 is 29.5. The van der Waals surface area contributed by atoms with E-state index in [-0.39, 0.29) is 39.3 Å². The van der Waals surface area contributed by atoms with Gasteiger partial charge < -0.3 is 54.2 Å². The van der Waals surface area contributed by atoms with Gasteiger partial charge in [0, 0.05) is 35.1 Å². The van der Waals surface area contributed by atoms with Gasteiger partial charge >= 0.3 is 18.0 Å². The van der Waals surface area contributed by atoms with Crippen LogP contribution in [0.4, 0.5) is 4.79 Å². The summed E-state index contributed by atoms with van der Waals surface area (Å²) in [6, 6.07) is 24.1. The molecule has 6 atom stereocenters. The molecule has 3 amide bonds. The summed E-state index contributed by atoms with van der Waals surface area (Å²) in [5, 5.41) is 16.9. The summed E-state index contributed by atoms with van der Waals surface area (Å²) in [7, 11) is 2.58. The van der Waals surface area contributed by atoms with E-state index in [1.54, 1.807) is 32.9 Å². The molecule has 2 aliphatic heterocycles. The van der Waals surface area contributed by atoms with Crippen molar-refractivity contribution in [3.63, 3.8) is 0 Å². The van der Waals surface area contributed by atoms with Crippen LogP contribution in [0.15, 0.2) is 136 Å². The molecule has 456 valence electrons. The Morgan fingerprint density at radius 2 is 1.07 bits per heavy atom. The van der Waals surface area contributed by atoms with Crippen LogP contribution < -0.4 is 20.5 Å². The number of methoxy groups -OCH3 is 2. The van der Waals surface area contributed by atoms with E-state index in [2.05, 4.69) is 55.6 Å². The van der Waals surface area contributed by atoms with Crippen LogP contribution in [-0.4, -0.2) is 134 Å². The van der Waals surface area contributed by atoms with Gasteiger partial charge in [0.25, 0.3) is 0 Å².